The van der Waals surface area contributed by atoms with E-state index in [4.69, 9.17) is 4.74 Å². The van der Waals surface area contributed by atoms with Gasteiger partial charge in [0.15, 0.2) is 0 Å². The van der Waals surface area contributed by atoms with Crippen LogP contribution in [0.25, 0.3) is 5.76 Å². The molecule has 0 saturated carbocycles. The minimum atomic E-state index is -0.317. The number of carbonyl (C=O) groups excluding carboxylic acids is 1. The zero-order chi connectivity index (χ0) is 10.6. The minimum absolute atomic E-state index is 0.317. The zero-order valence-corrected chi connectivity index (χ0v) is 9.67. The van der Waals surface area contributed by atoms with Gasteiger partial charge in [0.1, 0.15) is 5.76 Å². The largest absolute Gasteiger partial charge is 0.425 e. The Morgan fingerprint density at radius 1 is 1.21 bits per heavy atom. The predicted octanol–water partition coefficient (Wildman–Crippen LogP) is 3.33. The highest BCUT2D eigenvalue weighted by Crippen LogP contribution is 2.23. The van der Waals surface area contributed by atoms with Crippen LogP contribution in [0.2, 0.25) is 0 Å². The average Bonchev–Trinajstić information content (AvgIpc) is 2.15. The van der Waals surface area contributed by atoms with E-state index in [-0.39, 0.29) is 5.97 Å². The van der Waals surface area contributed by atoms with Gasteiger partial charge < -0.3 is 4.74 Å². The molecule has 1 aromatic rings. The van der Waals surface area contributed by atoms with Crippen LogP contribution in [0.1, 0.15) is 19.4 Å². The third-order valence-corrected chi connectivity index (χ3v) is 1.95. The van der Waals surface area contributed by atoms with Crippen LogP contribution in [-0.4, -0.2) is 5.97 Å². The third kappa shape index (κ3) is 3.00. The number of benzene rings is 1. The SMILES string of the molecule is CC(=O)O/C(=C(\C)Br)c1ccccc1. The Kier molecular flexibility index (Phi) is 3.89. The summed E-state index contributed by atoms with van der Waals surface area (Å²) in [5, 5.41) is 0. The molecule has 0 saturated heterocycles. The van der Waals surface area contributed by atoms with Crippen LogP contribution in [0.3, 0.4) is 0 Å². The van der Waals surface area contributed by atoms with Crippen molar-refractivity contribution < 1.29 is 9.53 Å². The van der Waals surface area contributed by atoms with E-state index in [1.165, 1.54) is 6.92 Å². The summed E-state index contributed by atoms with van der Waals surface area (Å²) in [6.07, 6.45) is 0. The molecule has 14 heavy (non-hydrogen) atoms. The van der Waals surface area contributed by atoms with E-state index in [0.717, 1.165) is 10.0 Å². The quantitative estimate of drug-likeness (QED) is 0.598. The fourth-order valence-electron chi connectivity index (χ4n) is 1.06. The lowest BCUT2D eigenvalue weighted by Gasteiger charge is -2.07. The lowest BCUT2D eigenvalue weighted by molar-refractivity contribution is -0.134. The van der Waals surface area contributed by atoms with E-state index in [1.54, 1.807) is 0 Å². The molecule has 0 aliphatic rings. The molecule has 0 aliphatic carbocycles. The normalized spacial score (nSPS) is 11.9. The van der Waals surface area contributed by atoms with Crippen LogP contribution < -0.4 is 0 Å². The Morgan fingerprint density at radius 3 is 2.21 bits per heavy atom. The summed E-state index contributed by atoms with van der Waals surface area (Å²) in [6, 6.07) is 9.49. The summed E-state index contributed by atoms with van der Waals surface area (Å²) in [5.41, 5.74) is 0.886. The monoisotopic (exact) mass is 254 g/mol. The Morgan fingerprint density at radius 2 is 1.79 bits per heavy atom. The number of rotatable bonds is 2. The van der Waals surface area contributed by atoms with Gasteiger partial charge in [0.25, 0.3) is 0 Å². The number of hydrogen-bond donors (Lipinski definition) is 0. The van der Waals surface area contributed by atoms with E-state index < -0.39 is 0 Å². The Bertz CT molecular complexity index is 351. The molecule has 3 heteroatoms. The van der Waals surface area contributed by atoms with Gasteiger partial charge in [-0.3, -0.25) is 4.79 Å². The van der Waals surface area contributed by atoms with Gasteiger partial charge in [-0.25, -0.2) is 0 Å². The molecule has 0 spiro atoms. The first-order chi connectivity index (χ1) is 6.61. The van der Waals surface area contributed by atoms with Crippen LogP contribution in [0.4, 0.5) is 0 Å². The number of halogens is 1. The molecule has 0 aromatic heterocycles. The highest BCUT2D eigenvalue weighted by molar-refractivity contribution is 9.11. The van der Waals surface area contributed by atoms with Gasteiger partial charge in [0, 0.05) is 17.0 Å². The molecule has 0 bridgehead atoms. The maximum atomic E-state index is 10.9. The Labute approximate surface area is 91.7 Å². The van der Waals surface area contributed by atoms with E-state index in [2.05, 4.69) is 15.9 Å². The van der Waals surface area contributed by atoms with Crippen LogP contribution in [0.15, 0.2) is 34.8 Å². The van der Waals surface area contributed by atoms with Crippen molar-refractivity contribution in [1.29, 1.82) is 0 Å². The predicted molar refractivity (Wildman–Crippen MR) is 59.7 cm³/mol. The molecule has 0 atom stereocenters. The Balaban J connectivity index is 3.03. The fourth-order valence-corrected chi connectivity index (χ4v) is 1.37. The number of ether oxygens (including phenoxy) is 1. The second kappa shape index (κ2) is 4.96. The summed E-state index contributed by atoms with van der Waals surface area (Å²) in [7, 11) is 0. The van der Waals surface area contributed by atoms with Gasteiger partial charge in [-0.2, -0.15) is 0 Å². The number of hydrogen-bond acceptors (Lipinski definition) is 2. The van der Waals surface area contributed by atoms with Gasteiger partial charge >= 0.3 is 5.97 Å². The molecule has 1 aromatic carbocycles. The lowest BCUT2D eigenvalue weighted by atomic mass is 10.2. The van der Waals surface area contributed by atoms with Crippen molar-refractivity contribution in [3.63, 3.8) is 0 Å². The molecular weight excluding hydrogens is 244 g/mol. The summed E-state index contributed by atoms with van der Waals surface area (Å²) in [5.74, 6) is 0.251. The maximum absolute atomic E-state index is 10.9. The lowest BCUT2D eigenvalue weighted by Crippen LogP contribution is -1.99. The van der Waals surface area contributed by atoms with Crippen molar-refractivity contribution in [2.45, 2.75) is 13.8 Å². The van der Waals surface area contributed by atoms with Crippen LogP contribution >= 0.6 is 15.9 Å². The number of esters is 1. The highest BCUT2D eigenvalue weighted by Gasteiger charge is 2.07. The van der Waals surface area contributed by atoms with E-state index in [9.17, 15) is 4.79 Å². The first kappa shape index (κ1) is 11.0. The Hall–Kier alpha value is -1.09. The fraction of sp³-hybridized carbons (Fsp3) is 0.182. The molecule has 74 valence electrons. The van der Waals surface area contributed by atoms with Crippen LogP contribution in [-0.2, 0) is 9.53 Å². The first-order valence-corrected chi connectivity index (χ1v) is 5.01. The third-order valence-electron chi connectivity index (χ3n) is 1.59. The average molecular weight is 255 g/mol. The number of allylic oxidation sites excluding steroid dienone is 1. The molecule has 0 aliphatic heterocycles. The second-order valence-electron chi connectivity index (χ2n) is 2.82. The first-order valence-electron chi connectivity index (χ1n) is 4.21. The summed E-state index contributed by atoms with van der Waals surface area (Å²) in [6.45, 7) is 3.23. The van der Waals surface area contributed by atoms with Crippen LogP contribution in [0.5, 0.6) is 0 Å². The second-order valence-corrected chi connectivity index (χ2v) is 4.01. The zero-order valence-electron chi connectivity index (χ0n) is 8.08. The molecule has 0 fully saturated rings. The molecule has 0 amide bonds. The maximum Gasteiger partial charge on any atom is 0.308 e. The van der Waals surface area contributed by atoms with Crippen molar-refractivity contribution in [1.82, 2.24) is 0 Å². The molecule has 0 N–H and O–H groups in total. The van der Waals surface area contributed by atoms with Gasteiger partial charge in [-0.05, 0) is 6.92 Å². The van der Waals surface area contributed by atoms with Crippen molar-refractivity contribution in [2.24, 2.45) is 0 Å². The minimum Gasteiger partial charge on any atom is -0.425 e. The molecule has 1 rings (SSSR count). The molecule has 0 heterocycles. The summed E-state index contributed by atoms with van der Waals surface area (Å²) in [4.78, 5) is 10.9. The van der Waals surface area contributed by atoms with E-state index in [1.807, 2.05) is 37.3 Å². The molecule has 0 radical (unpaired) electrons. The van der Waals surface area contributed by atoms with Gasteiger partial charge in [-0.1, -0.05) is 46.3 Å². The van der Waals surface area contributed by atoms with Crippen molar-refractivity contribution >= 4 is 27.7 Å². The standard InChI is InChI=1S/C11H11BrO2/c1-8(12)11(14-9(2)13)10-6-4-3-5-7-10/h3-7H,1-2H3/b11-8+. The van der Waals surface area contributed by atoms with E-state index >= 15 is 0 Å². The molecular formula is C11H11BrO2. The van der Waals surface area contributed by atoms with Gasteiger partial charge in [0.05, 0.1) is 0 Å². The topological polar surface area (TPSA) is 26.3 Å². The molecule has 2 nitrogen and oxygen atoms in total. The smallest absolute Gasteiger partial charge is 0.308 e. The van der Waals surface area contributed by atoms with Crippen molar-refractivity contribution in [3.8, 4) is 0 Å². The number of carbonyl (C=O) groups is 1. The van der Waals surface area contributed by atoms with Gasteiger partial charge in [0.2, 0.25) is 0 Å². The van der Waals surface area contributed by atoms with Gasteiger partial charge in [-0.15, -0.1) is 0 Å². The summed E-state index contributed by atoms with van der Waals surface area (Å²) >= 11 is 3.31. The van der Waals surface area contributed by atoms with E-state index in [0.29, 0.717) is 5.76 Å². The van der Waals surface area contributed by atoms with Crippen molar-refractivity contribution in [2.75, 3.05) is 0 Å². The van der Waals surface area contributed by atoms with Crippen LogP contribution in [0, 0.1) is 0 Å². The van der Waals surface area contributed by atoms with Crippen molar-refractivity contribution in [3.05, 3.63) is 40.4 Å². The summed E-state index contributed by atoms with van der Waals surface area (Å²) < 4.78 is 5.90. The highest BCUT2D eigenvalue weighted by atomic mass is 79.9. The molecule has 0 unspecified atom stereocenters.